The van der Waals surface area contributed by atoms with Gasteiger partial charge in [-0.3, -0.25) is 19.8 Å². The van der Waals surface area contributed by atoms with Crippen molar-refractivity contribution in [3.05, 3.63) is 106 Å². The molecule has 10 rings (SSSR count). The molecule has 1 aliphatic carbocycles. The number of anilines is 2. The van der Waals surface area contributed by atoms with Gasteiger partial charge in [-0.05, 0) is 105 Å². The summed E-state index contributed by atoms with van der Waals surface area (Å²) < 4.78 is 56.9. The number of carbonyl (C=O) groups excluding carboxylic acids is 1. The van der Waals surface area contributed by atoms with Crippen LogP contribution < -0.4 is 29.7 Å². The van der Waals surface area contributed by atoms with Crippen LogP contribution in [0.1, 0.15) is 99.0 Å². The van der Waals surface area contributed by atoms with Crippen molar-refractivity contribution < 1.29 is 37.1 Å². The molecule has 3 aromatic carbocycles. The summed E-state index contributed by atoms with van der Waals surface area (Å²) in [5, 5.41) is 29.9. The lowest BCUT2D eigenvalue weighted by atomic mass is 9.69. The zero-order chi connectivity index (χ0) is 47.5. The third-order valence-electron chi connectivity index (χ3n) is 15.3. The first-order valence-electron chi connectivity index (χ1n) is 23.8. The lowest BCUT2D eigenvalue weighted by Crippen LogP contribution is -2.65. The second-order valence-electron chi connectivity index (χ2n) is 20.2. The van der Waals surface area contributed by atoms with Gasteiger partial charge in [-0.25, -0.2) is 22.5 Å². The number of hydrogen-bond acceptors (Lipinski definition) is 13. The normalized spacial score (nSPS) is 25.0. The van der Waals surface area contributed by atoms with Crippen LogP contribution in [0.3, 0.4) is 0 Å². The molecule has 0 unspecified atom stereocenters. The van der Waals surface area contributed by atoms with E-state index >= 15 is 0 Å². The van der Waals surface area contributed by atoms with E-state index in [1.807, 2.05) is 0 Å². The maximum absolute atomic E-state index is 14.7. The Morgan fingerprint density at radius 1 is 1.06 bits per heavy atom. The van der Waals surface area contributed by atoms with Crippen molar-refractivity contribution in [3.8, 4) is 17.2 Å². The van der Waals surface area contributed by atoms with E-state index in [9.17, 15) is 32.8 Å². The summed E-state index contributed by atoms with van der Waals surface area (Å²) in [5.41, 5.74) is 2.79. The molecule has 5 aliphatic rings. The standard InChI is InChI=1S/C50H59FN8O8S/c1-30(2)35-6-4-5-7-36(35)39-25-52-17-12-42(39)58-28-50(29-58)15-18-57(19-16-50)32-8-9-37(44(20-32)67-33-21-38-40(51)26-54-47(38)53-24-33)48(60)56-68(64,65)34-22-43(59(62)63)46-45(23-34)66-27-41(55-46)31-10-13-49(3,61)14-11-31/h4-9,20-24,26,30-31,39,41-42,52,55,61H,10-19,25,27-29H2,1-3H3,(H,53,54)(H,56,60)/t31?,39-,41+,42-,49?/m0/s1. The highest BCUT2D eigenvalue weighted by Crippen LogP contribution is 2.47. The van der Waals surface area contributed by atoms with E-state index < -0.39 is 42.9 Å². The second-order valence-corrected chi connectivity index (χ2v) is 21.9. The molecule has 16 nitrogen and oxygen atoms in total. The first kappa shape index (κ1) is 45.9. The number of likely N-dealkylation sites (tertiary alicyclic amines) is 1. The van der Waals surface area contributed by atoms with Crippen molar-refractivity contribution in [1.29, 1.82) is 0 Å². The van der Waals surface area contributed by atoms with Crippen LogP contribution in [-0.2, 0) is 10.0 Å². The maximum atomic E-state index is 14.7. The molecular weight excluding hydrogens is 892 g/mol. The number of aromatic nitrogens is 2. The third kappa shape index (κ3) is 8.98. The van der Waals surface area contributed by atoms with E-state index in [2.05, 4.69) is 73.2 Å². The lowest BCUT2D eigenvalue weighted by molar-refractivity contribution is -0.384. The molecule has 360 valence electrons. The number of H-pyrrole nitrogens is 1. The first-order chi connectivity index (χ1) is 32.6. The Kier molecular flexibility index (Phi) is 12.1. The van der Waals surface area contributed by atoms with E-state index in [0.717, 1.165) is 70.3 Å². The summed E-state index contributed by atoms with van der Waals surface area (Å²) in [5.74, 6) is -0.507. The van der Waals surface area contributed by atoms with E-state index in [1.54, 1.807) is 19.1 Å². The van der Waals surface area contributed by atoms with Crippen LogP contribution in [0.15, 0.2) is 78.0 Å². The minimum atomic E-state index is -4.72. The smallest absolute Gasteiger partial charge is 0.297 e. The summed E-state index contributed by atoms with van der Waals surface area (Å²) in [4.78, 5) is 37.2. The summed E-state index contributed by atoms with van der Waals surface area (Å²) in [6, 6.07) is 17.5. The molecule has 2 aromatic heterocycles. The molecular formula is C50H59FN8O8S. The highest BCUT2D eigenvalue weighted by molar-refractivity contribution is 7.90. The summed E-state index contributed by atoms with van der Waals surface area (Å²) in [7, 11) is -4.72. The van der Waals surface area contributed by atoms with Gasteiger partial charge in [0.05, 0.1) is 38.6 Å². The molecule has 5 N–H and O–H groups in total. The largest absolute Gasteiger partial charge is 0.489 e. The van der Waals surface area contributed by atoms with Gasteiger partial charge in [0.1, 0.15) is 29.6 Å². The highest BCUT2D eigenvalue weighted by atomic mass is 32.2. The van der Waals surface area contributed by atoms with Crippen LogP contribution >= 0.6 is 0 Å². The Labute approximate surface area is 395 Å². The van der Waals surface area contributed by atoms with Gasteiger partial charge in [0.15, 0.2) is 11.4 Å². The molecule has 0 bridgehead atoms. The Morgan fingerprint density at radius 3 is 2.57 bits per heavy atom. The zero-order valence-electron chi connectivity index (χ0n) is 38.6. The molecule has 3 saturated heterocycles. The fourth-order valence-electron chi connectivity index (χ4n) is 11.4. The average Bonchev–Trinajstić information content (AvgIpc) is 3.69. The van der Waals surface area contributed by atoms with Crippen molar-refractivity contribution in [3.63, 3.8) is 0 Å². The van der Waals surface area contributed by atoms with Crippen molar-refractivity contribution in [2.45, 2.75) is 100 Å². The second kappa shape index (κ2) is 17.9. The molecule has 4 fully saturated rings. The first-order valence-corrected chi connectivity index (χ1v) is 25.3. The number of nitro groups is 1. The number of rotatable bonds is 11. The number of nitrogens with one attached hydrogen (secondary N) is 4. The number of pyridine rings is 1. The number of halogens is 1. The summed E-state index contributed by atoms with van der Waals surface area (Å²) in [6.07, 6.45) is 8.18. The molecule has 3 atom stereocenters. The number of aliphatic hydroxyl groups is 1. The van der Waals surface area contributed by atoms with Gasteiger partial charge in [0, 0.05) is 74.8 Å². The van der Waals surface area contributed by atoms with Gasteiger partial charge >= 0.3 is 0 Å². The molecule has 1 spiro atoms. The Balaban J connectivity index is 0.864. The fourth-order valence-corrected chi connectivity index (χ4v) is 12.4. The van der Waals surface area contributed by atoms with Gasteiger partial charge in [-0.15, -0.1) is 0 Å². The highest BCUT2D eigenvalue weighted by Gasteiger charge is 2.49. The van der Waals surface area contributed by atoms with Gasteiger partial charge in [0.25, 0.3) is 21.6 Å². The molecule has 5 aromatic rings. The predicted molar refractivity (Wildman–Crippen MR) is 256 cm³/mol. The molecule has 1 saturated carbocycles. The quantitative estimate of drug-likeness (QED) is 0.0634. The summed E-state index contributed by atoms with van der Waals surface area (Å²) >= 11 is 0. The topological polar surface area (TPSA) is 204 Å². The molecule has 18 heteroatoms. The molecule has 4 aliphatic heterocycles. The van der Waals surface area contributed by atoms with E-state index in [1.165, 1.54) is 41.7 Å². The zero-order valence-corrected chi connectivity index (χ0v) is 39.4. The van der Waals surface area contributed by atoms with E-state index in [-0.39, 0.29) is 57.9 Å². The molecule has 68 heavy (non-hydrogen) atoms. The van der Waals surface area contributed by atoms with Crippen LogP contribution in [0.2, 0.25) is 0 Å². The number of nitrogens with zero attached hydrogens (tertiary/aromatic N) is 4. The number of piperidine rings is 2. The Morgan fingerprint density at radius 2 is 1.82 bits per heavy atom. The van der Waals surface area contributed by atoms with Crippen molar-refractivity contribution in [1.82, 2.24) is 24.9 Å². The Bertz CT molecular complexity index is 2850. The van der Waals surface area contributed by atoms with Gasteiger partial charge < -0.3 is 35.1 Å². The van der Waals surface area contributed by atoms with Gasteiger partial charge in [0.2, 0.25) is 0 Å². The van der Waals surface area contributed by atoms with Gasteiger partial charge in [-0.1, -0.05) is 38.1 Å². The lowest BCUT2D eigenvalue weighted by Gasteiger charge is -2.58. The van der Waals surface area contributed by atoms with E-state index in [4.69, 9.17) is 9.47 Å². The minimum absolute atomic E-state index is 0.0141. The maximum Gasteiger partial charge on any atom is 0.297 e. The van der Waals surface area contributed by atoms with Crippen LogP contribution in [0, 0.1) is 27.3 Å². The van der Waals surface area contributed by atoms with Crippen molar-refractivity contribution in [2.75, 3.05) is 56.1 Å². The number of hydrogen-bond donors (Lipinski definition) is 5. The summed E-state index contributed by atoms with van der Waals surface area (Å²) in [6.45, 7) is 12.1. The van der Waals surface area contributed by atoms with Crippen molar-refractivity contribution >= 4 is 44.0 Å². The SMILES string of the molecule is CC(C)c1ccccc1[C@@H]1CNCC[C@@H]1N1CC2(CCN(c3ccc(C(=O)NS(=O)(=O)c4cc5c(c([N+](=O)[O-])c4)N[C@@H](C4CCC(C)(O)CC4)CO5)c(Oc4cnc5[nH]cc(F)c5c4)c3)CC2)C1. The number of ether oxygens (including phenoxy) is 2. The monoisotopic (exact) mass is 950 g/mol. The number of aromatic amines is 1. The number of nitro benzene ring substituents is 1. The number of carbonyl (C=O) groups is 1. The number of fused-ring (bicyclic) bond motifs is 2. The van der Waals surface area contributed by atoms with Crippen LogP contribution in [0.5, 0.6) is 17.2 Å². The molecule has 6 heterocycles. The van der Waals surface area contributed by atoms with E-state index in [0.29, 0.717) is 49.2 Å². The van der Waals surface area contributed by atoms with Crippen LogP contribution in [0.4, 0.5) is 21.5 Å². The average molecular weight is 951 g/mol. The third-order valence-corrected chi connectivity index (χ3v) is 16.6. The van der Waals surface area contributed by atoms with Crippen LogP contribution in [0.25, 0.3) is 11.0 Å². The minimum Gasteiger partial charge on any atom is -0.489 e. The predicted octanol–water partition coefficient (Wildman–Crippen LogP) is 7.81. The van der Waals surface area contributed by atoms with Gasteiger partial charge in [-0.2, -0.15) is 0 Å². The fraction of sp³-hybridized carbons (Fsp3) is 0.480. The van der Waals surface area contributed by atoms with Crippen molar-refractivity contribution in [2.24, 2.45) is 11.3 Å². The number of amides is 1. The number of sulfonamides is 1. The number of benzene rings is 3. The molecule has 1 amide bonds. The Hall–Kier alpha value is -5.82. The molecule has 0 radical (unpaired) electrons. The van der Waals surface area contributed by atoms with Crippen LogP contribution in [-0.4, -0.2) is 103 Å².